The zero-order valence-corrected chi connectivity index (χ0v) is 15.1. The van der Waals surface area contributed by atoms with E-state index in [0.29, 0.717) is 17.9 Å². The van der Waals surface area contributed by atoms with Crippen molar-refractivity contribution in [2.45, 2.75) is 32.2 Å². The fraction of sp³-hybridized carbons (Fsp3) is 0.400. The van der Waals surface area contributed by atoms with Crippen molar-refractivity contribution in [2.24, 2.45) is 0 Å². The minimum absolute atomic E-state index is 0.0581. The molecule has 1 aliphatic heterocycles. The number of nitrogens with zero attached hydrogens (tertiary/aromatic N) is 2. The Morgan fingerprint density at radius 2 is 1.96 bits per heavy atom. The lowest BCUT2D eigenvalue weighted by molar-refractivity contribution is 0.0950. The van der Waals surface area contributed by atoms with Crippen molar-refractivity contribution in [1.82, 2.24) is 10.3 Å². The molecule has 1 saturated heterocycles. The fourth-order valence-electron chi connectivity index (χ4n) is 3.14. The first-order chi connectivity index (χ1) is 12.7. The molecule has 0 atom stereocenters. The molecule has 6 nitrogen and oxygen atoms in total. The number of aromatic nitrogens is 1. The number of rotatable bonds is 5. The second-order valence-corrected chi connectivity index (χ2v) is 6.50. The number of anilines is 1. The van der Waals surface area contributed by atoms with Gasteiger partial charge in [0.1, 0.15) is 5.82 Å². The van der Waals surface area contributed by atoms with Gasteiger partial charge in [0.05, 0.1) is 12.7 Å². The molecule has 26 heavy (non-hydrogen) atoms. The quantitative estimate of drug-likeness (QED) is 0.862. The van der Waals surface area contributed by atoms with Crippen LogP contribution >= 0.6 is 0 Å². The maximum absolute atomic E-state index is 12.3. The zero-order valence-electron chi connectivity index (χ0n) is 15.1. The van der Waals surface area contributed by atoms with Crippen LogP contribution in [0.1, 0.15) is 41.6 Å². The molecule has 1 aromatic heterocycles. The lowest BCUT2D eigenvalue weighted by atomic mass is 10.2. The van der Waals surface area contributed by atoms with E-state index in [1.54, 1.807) is 24.4 Å². The smallest absolute Gasteiger partial charge is 0.253 e. The molecule has 0 saturated carbocycles. The third-order valence-corrected chi connectivity index (χ3v) is 4.64. The maximum atomic E-state index is 12.3. The Morgan fingerprint density at radius 1 is 1.19 bits per heavy atom. The van der Waals surface area contributed by atoms with E-state index in [0.717, 1.165) is 24.5 Å². The second kappa shape index (κ2) is 8.56. The average molecular weight is 355 g/mol. The third-order valence-electron chi connectivity index (χ3n) is 4.64. The molecular formula is C20H25N3O3. The number of carbonyl (C=O) groups is 1. The molecule has 3 rings (SSSR count). The summed E-state index contributed by atoms with van der Waals surface area (Å²) in [4.78, 5) is 19.1. The molecule has 1 amide bonds. The summed E-state index contributed by atoms with van der Waals surface area (Å²) in [7, 11) is 1.50. The van der Waals surface area contributed by atoms with Gasteiger partial charge in [0.2, 0.25) is 0 Å². The van der Waals surface area contributed by atoms with Crippen molar-refractivity contribution in [3.05, 3.63) is 47.7 Å². The van der Waals surface area contributed by atoms with E-state index in [-0.39, 0.29) is 11.7 Å². The minimum atomic E-state index is -0.185. The van der Waals surface area contributed by atoms with Crippen LogP contribution in [0.3, 0.4) is 0 Å². The molecule has 0 spiro atoms. The highest BCUT2D eigenvalue weighted by Crippen LogP contribution is 2.26. The van der Waals surface area contributed by atoms with Gasteiger partial charge in [0, 0.05) is 25.8 Å². The van der Waals surface area contributed by atoms with E-state index >= 15 is 0 Å². The molecule has 2 N–H and O–H groups in total. The molecule has 0 bridgehead atoms. The summed E-state index contributed by atoms with van der Waals surface area (Å²) in [6.07, 6.45) is 6.56. The van der Waals surface area contributed by atoms with E-state index < -0.39 is 0 Å². The SMILES string of the molecule is COc1ccc(CNC(=O)c2ccc(N3CCCCCC3)nc2)cc1O. The Kier molecular flexibility index (Phi) is 5.94. The molecule has 6 heteroatoms. The number of ether oxygens (including phenoxy) is 1. The number of hydrogen-bond acceptors (Lipinski definition) is 5. The number of hydrogen-bond donors (Lipinski definition) is 2. The van der Waals surface area contributed by atoms with Gasteiger partial charge < -0.3 is 20.1 Å². The van der Waals surface area contributed by atoms with Gasteiger partial charge in [0.25, 0.3) is 5.91 Å². The highest BCUT2D eigenvalue weighted by atomic mass is 16.5. The minimum Gasteiger partial charge on any atom is -0.504 e. The standard InChI is InChI=1S/C20H25N3O3/c1-26-18-8-6-15(12-17(18)24)13-22-20(25)16-7-9-19(21-14-16)23-10-4-2-3-5-11-23/h6-9,12,14,24H,2-5,10-11,13H2,1H3,(H,22,25). The Morgan fingerprint density at radius 3 is 2.58 bits per heavy atom. The van der Waals surface area contributed by atoms with Gasteiger partial charge in [-0.25, -0.2) is 4.98 Å². The Labute approximate surface area is 153 Å². The summed E-state index contributed by atoms with van der Waals surface area (Å²) in [5.41, 5.74) is 1.33. The molecule has 1 fully saturated rings. The lowest BCUT2D eigenvalue weighted by Crippen LogP contribution is -2.26. The van der Waals surface area contributed by atoms with Crippen molar-refractivity contribution in [3.63, 3.8) is 0 Å². The van der Waals surface area contributed by atoms with Crippen molar-refractivity contribution in [3.8, 4) is 11.5 Å². The van der Waals surface area contributed by atoms with Crippen molar-refractivity contribution in [2.75, 3.05) is 25.1 Å². The molecule has 138 valence electrons. The molecule has 2 heterocycles. The van der Waals surface area contributed by atoms with Gasteiger partial charge >= 0.3 is 0 Å². The number of carbonyl (C=O) groups excluding carboxylic acids is 1. The highest BCUT2D eigenvalue weighted by Gasteiger charge is 2.12. The first-order valence-electron chi connectivity index (χ1n) is 9.02. The zero-order chi connectivity index (χ0) is 18.4. The van der Waals surface area contributed by atoms with Crippen molar-refractivity contribution in [1.29, 1.82) is 0 Å². The van der Waals surface area contributed by atoms with Crippen LogP contribution in [-0.4, -0.2) is 36.2 Å². The van der Waals surface area contributed by atoms with E-state index in [2.05, 4.69) is 15.2 Å². The van der Waals surface area contributed by atoms with Crippen LogP contribution in [-0.2, 0) is 6.54 Å². The van der Waals surface area contributed by atoms with Gasteiger partial charge in [-0.1, -0.05) is 18.9 Å². The van der Waals surface area contributed by atoms with Crippen molar-refractivity contribution < 1.29 is 14.6 Å². The number of amides is 1. The van der Waals surface area contributed by atoms with Gasteiger partial charge in [-0.3, -0.25) is 4.79 Å². The van der Waals surface area contributed by atoms with Crippen LogP contribution < -0.4 is 15.0 Å². The third kappa shape index (κ3) is 4.45. The van der Waals surface area contributed by atoms with Crippen LogP contribution in [0.2, 0.25) is 0 Å². The number of pyridine rings is 1. The summed E-state index contributed by atoms with van der Waals surface area (Å²) in [6, 6.07) is 8.79. The highest BCUT2D eigenvalue weighted by molar-refractivity contribution is 5.94. The van der Waals surface area contributed by atoms with Gasteiger partial charge in [-0.05, 0) is 42.7 Å². The predicted octanol–water partition coefficient (Wildman–Crippen LogP) is 3.11. The number of nitrogens with one attached hydrogen (secondary N) is 1. The van der Waals surface area contributed by atoms with E-state index in [4.69, 9.17) is 4.74 Å². The number of phenols is 1. The summed E-state index contributed by atoms with van der Waals surface area (Å²) in [6.45, 7) is 2.38. The molecule has 1 aromatic carbocycles. The summed E-state index contributed by atoms with van der Waals surface area (Å²) in [5, 5.41) is 12.6. The van der Waals surface area contributed by atoms with Crippen LogP contribution in [0.5, 0.6) is 11.5 Å². The van der Waals surface area contributed by atoms with E-state index in [1.807, 2.05) is 12.1 Å². The van der Waals surface area contributed by atoms with Gasteiger partial charge in [-0.15, -0.1) is 0 Å². The molecular weight excluding hydrogens is 330 g/mol. The first-order valence-corrected chi connectivity index (χ1v) is 9.02. The Bertz CT molecular complexity index is 738. The maximum Gasteiger partial charge on any atom is 0.253 e. The van der Waals surface area contributed by atoms with Gasteiger partial charge in [0.15, 0.2) is 11.5 Å². The second-order valence-electron chi connectivity index (χ2n) is 6.50. The van der Waals surface area contributed by atoms with E-state index in [1.165, 1.54) is 32.8 Å². The molecule has 0 aliphatic carbocycles. The fourth-order valence-corrected chi connectivity index (χ4v) is 3.14. The number of methoxy groups -OCH3 is 1. The normalized spacial score (nSPS) is 14.6. The Balaban J connectivity index is 1.58. The average Bonchev–Trinajstić information content (AvgIpc) is 2.96. The van der Waals surface area contributed by atoms with Crippen molar-refractivity contribution >= 4 is 11.7 Å². The van der Waals surface area contributed by atoms with Crippen LogP contribution in [0.25, 0.3) is 0 Å². The number of aromatic hydroxyl groups is 1. The summed E-state index contributed by atoms with van der Waals surface area (Å²) in [5.74, 6) is 1.22. The summed E-state index contributed by atoms with van der Waals surface area (Å²) < 4.78 is 5.01. The first kappa shape index (κ1) is 18.0. The number of benzene rings is 1. The largest absolute Gasteiger partial charge is 0.504 e. The Hall–Kier alpha value is -2.76. The topological polar surface area (TPSA) is 74.7 Å². The molecule has 2 aromatic rings. The van der Waals surface area contributed by atoms with Crippen LogP contribution in [0, 0.1) is 0 Å². The predicted molar refractivity (Wildman–Crippen MR) is 101 cm³/mol. The molecule has 1 aliphatic rings. The van der Waals surface area contributed by atoms with Gasteiger partial charge in [-0.2, -0.15) is 0 Å². The molecule has 0 unspecified atom stereocenters. The lowest BCUT2D eigenvalue weighted by Gasteiger charge is -2.21. The van der Waals surface area contributed by atoms with Crippen LogP contribution in [0.15, 0.2) is 36.5 Å². The molecule has 0 radical (unpaired) electrons. The number of phenolic OH excluding ortho intramolecular Hbond substituents is 1. The monoisotopic (exact) mass is 355 g/mol. The summed E-state index contributed by atoms with van der Waals surface area (Å²) >= 11 is 0. The van der Waals surface area contributed by atoms with E-state index in [9.17, 15) is 9.90 Å². The van der Waals surface area contributed by atoms with Crippen LogP contribution in [0.4, 0.5) is 5.82 Å².